The van der Waals surface area contributed by atoms with Crippen molar-refractivity contribution in [3.8, 4) is 0 Å². The smallest absolute Gasteiger partial charge is 0.258 e. The second kappa shape index (κ2) is 8.66. The van der Waals surface area contributed by atoms with E-state index in [0.717, 1.165) is 17.4 Å². The lowest BCUT2D eigenvalue weighted by molar-refractivity contribution is -0.385. The Morgan fingerprint density at radius 1 is 1.20 bits per heavy atom. The molecule has 1 N–H and O–H groups in total. The SMILES string of the molecule is Cc1ccc(S(=O)(=O)NCCSCc2ccc(Cl)cc2)cc1[N+](=O)[O-]. The average Bonchev–Trinajstić information content (AvgIpc) is 2.56. The Hall–Kier alpha value is -1.61. The number of nitro benzene ring substituents is 1. The van der Waals surface area contributed by atoms with Crippen molar-refractivity contribution < 1.29 is 13.3 Å². The summed E-state index contributed by atoms with van der Waals surface area (Å²) in [6.45, 7) is 1.80. The third-order valence-corrected chi connectivity index (χ3v) is 6.15. The number of sulfonamides is 1. The standard InChI is InChI=1S/C16H17ClN2O4S2/c1-12-2-7-15(10-16(12)19(20)21)25(22,23)18-8-9-24-11-13-3-5-14(17)6-4-13/h2-7,10,18H,8-9,11H2,1H3. The van der Waals surface area contributed by atoms with Gasteiger partial charge in [0.15, 0.2) is 0 Å². The Balaban J connectivity index is 1.88. The van der Waals surface area contributed by atoms with E-state index in [4.69, 9.17) is 11.6 Å². The molecule has 2 aromatic rings. The van der Waals surface area contributed by atoms with Gasteiger partial charge in [-0.3, -0.25) is 10.1 Å². The summed E-state index contributed by atoms with van der Waals surface area (Å²) in [5.74, 6) is 1.32. The highest BCUT2D eigenvalue weighted by Crippen LogP contribution is 2.22. The number of thioether (sulfide) groups is 1. The molecular formula is C16H17ClN2O4S2. The molecule has 6 nitrogen and oxygen atoms in total. The highest BCUT2D eigenvalue weighted by Gasteiger charge is 2.19. The van der Waals surface area contributed by atoms with Gasteiger partial charge in [-0.15, -0.1) is 0 Å². The number of benzene rings is 2. The molecule has 0 fully saturated rings. The molecular weight excluding hydrogens is 384 g/mol. The molecule has 0 spiro atoms. The van der Waals surface area contributed by atoms with Crippen LogP contribution in [0.2, 0.25) is 5.02 Å². The first-order valence-electron chi connectivity index (χ1n) is 7.36. The maximum Gasteiger partial charge on any atom is 0.273 e. The minimum atomic E-state index is -3.77. The van der Waals surface area contributed by atoms with Crippen LogP contribution in [0.15, 0.2) is 47.4 Å². The summed E-state index contributed by atoms with van der Waals surface area (Å²) < 4.78 is 26.9. The van der Waals surface area contributed by atoms with Crippen LogP contribution in [0.5, 0.6) is 0 Å². The highest BCUT2D eigenvalue weighted by atomic mass is 35.5. The molecule has 0 bridgehead atoms. The van der Waals surface area contributed by atoms with E-state index in [9.17, 15) is 18.5 Å². The van der Waals surface area contributed by atoms with Gasteiger partial charge in [0.2, 0.25) is 10.0 Å². The van der Waals surface area contributed by atoms with Crippen molar-refractivity contribution in [1.82, 2.24) is 4.72 Å². The molecule has 2 aromatic carbocycles. The number of hydrogen-bond acceptors (Lipinski definition) is 5. The summed E-state index contributed by atoms with van der Waals surface area (Å²) in [7, 11) is -3.77. The Kier molecular flexibility index (Phi) is 6.83. The third kappa shape index (κ3) is 5.71. The summed E-state index contributed by atoms with van der Waals surface area (Å²) >= 11 is 7.40. The van der Waals surface area contributed by atoms with Crippen molar-refractivity contribution >= 4 is 39.1 Å². The Morgan fingerprint density at radius 3 is 2.52 bits per heavy atom. The van der Waals surface area contributed by atoms with Gasteiger partial charge in [0, 0.05) is 34.7 Å². The predicted molar refractivity (Wildman–Crippen MR) is 101 cm³/mol. The van der Waals surface area contributed by atoms with Gasteiger partial charge >= 0.3 is 0 Å². The summed E-state index contributed by atoms with van der Waals surface area (Å²) in [6, 6.07) is 11.3. The van der Waals surface area contributed by atoms with Crippen molar-refractivity contribution in [3.05, 3.63) is 68.7 Å². The number of nitrogens with zero attached hydrogens (tertiary/aromatic N) is 1. The lowest BCUT2D eigenvalue weighted by Crippen LogP contribution is -2.26. The van der Waals surface area contributed by atoms with E-state index in [0.29, 0.717) is 16.3 Å². The van der Waals surface area contributed by atoms with Crippen molar-refractivity contribution in [1.29, 1.82) is 0 Å². The first kappa shape index (κ1) is 19.7. The van der Waals surface area contributed by atoms with Crippen LogP contribution in [-0.2, 0) is 15.8 Å². The molecule has 2 rings (SSSR count). The van der Waals surface area contributed by atoms with Crippen LogP contribution >= 0.6 is 23.4 Å². The predicted octanol–water partition coefficient (Wildman–Crippen LogP) is 3.77. The fraction of sp³-hybridized carbons (Fsp3) is 0.250. The van der Waals surface area contributed by atoms with E-state index >= 15 is 0 Å². The first-order valence-corrected chi connectivity index (χ1v) is 10.4. The van der Waals surface area contributed by atoms with Crippen LogP contribution in [0.4, 0.5) is 5.69 Å². The fourth-order valence-electron chi connectivity index (χ4n) is 2.06. The number of nitro groups is 1. The number of rotatable bonds is 8. The molecule has 0 unspecified atom stereocenters. The van der Waals surface area contributed by atoms with Gasteiger partial charge < -0.3 is 0 Å². The van der Waals surface area contributed by atoms with E-state index in [1.165, 1.54) is 12.1 Å². The molecule has 0 radical (unpaired) electrons. The minimum absolute atomic E-state index is 0.104. The van der Waals surface area contributed by atoms with E-state index in [1.807, 2.05) is 24.3 Å². The van der Waals surface area contributed by atoms with Gasteiger partial charge in [-0.2, -0.15) is 11.8 Å². The monoisotopic (exact) mass is 400 g/mol. The second-order valence-corrected chi connectivity index (χ2v) is 8.59. The van der Waals surface area contributed by atoms with Crippen LogP contribution in [-0.4, -0.2) is 25.6 Å². The number of nitrogens with one attached hydrogen (secondary N) is 1. The third-order valence-electron chi connectivity index (χ3n) is 3.41. The quantitative estimate of drug-likeness (QED) is 0.414. The van der Waals surface area contributed by atoms with Crippen LogP contribution in [0, 0.1) is 17.0 Å². The van der Waals surface area contributed by atoms with Crippen LogP contribution in [0.25, 0.3) is 0 Å². The van der Waals surface area contributed by atoms with Crippen molar-refractivity contribution in [3.63, 3.8) is 0 Å². The summed E-state index contributed by atoms with van der Waals surface area (Å²) in [6.07, 6.45) is 0. The zero-order valence-corrected chi connectivity index (χ0v) is 15.8. The van der Waals surface area contributed by atoms with Crippen molar-refractivity contribution in [2.75, 3.05) is 12.3 Å². The topological polar surface area (TPSA) is 89.3 Å². The molecule has 0 atom stereocenters. The van der Waals surface area contributed by atoms with Crippen LogP contribution < -0.4 is 4.72 Å². The molecule has 0 aliphatic heterocycles. The summed E-state index contributed by atoms with van der Waals surface area (Å²) in [4.78, 5) is 10.2. The van der Waals surface area contributed by atoms with E-state index in [1.54, 1.807) is 18.7 Å². The number of halogens is 1. The molecule has 0 amide bonds. The lowest BCUT2D eigenvalue weighted by Gasteiger charge is -2.07. The number of hydrogen-bond donors (Lipinski definition) is 1. The Labute approximate surface area is 155 Å². The maximum atomic E-state index is 12.2. The average molecular weight is 401 g/mol. The normalized spacial score (nSPS) is 11.4. The second-order valence-electron chi connectivity index (χ2n) is 5.28. The van der Waals surface area contributed by atoms with Crippen molar-refractivity contribution in [2.24, 2.45) is 0 Å². The Bertz CT molecular complexity index is 855. The van der Waals surface area contributed by atoms with Crippen molar-refractivity contribution in [2.45, 2.75) is 17.6 Å². The number of aryl methyl sites for hydroxylation is 1. The van der Waals surface area contributed by atoms with Gasteiger partial charge in [-0.05, 0) is 30.7 Å². The molecule has 0 saturated heterocycles. The molecule has 9 heteroatoms. The maximum absolute atomic E-state index is 12.2. The summed E-state index contributed by atoms with van der Waals surface area (Å²) in [5.41, 5.74) is 1.31. The fourth-order valence-corrected chi connectivity index (χ4v) is 4.18. The molecule has 0 aliphatic carbocycles. The molecule has 0 heterocycles. The lowest BCUT2D eigenvalue weighted by atomic mass is 10.2. The largest absolute Gasteiger partial charge is 0.273 e. The zero-order chi connectivity index (χ0) is 18.4. The van der Waals surface area contributed by atoms with E-state index in [2.05, 4.69) is 4.72 Å². The van der Waals surface area contributed by atoms with Gasteiger partial charge in [-0.1, -0.05) is 29.8 Å². The van der Waals surface area contributed by atoms with Gasteiger partial charge in [0.25, 0.3) is 5.69 Å². The zero-order valence-electron chi connectivity index (χ0n) is 13.4. The van der Waals surface area contributed by atoms with E-state index in [-0.39, 0.29) is 17.1 Å². The highest BCUT2D eigenvalue weighted by molar-refractivity contribution is 7.98. The Morgan fingerprint density at radius 2 is 1.88 bits per heavy atom. The molecule has 25 heavy (non-hydrogen) atoms. The molecule has 0 aromatic heterocycles. The van der Waals surface area contributed by atoms with Gasteiger partial charge in [0.1, 0.15) is 0 Å². The van der Waals surface area contributed by atoms with Gasteiger partial charge in [0.05, 0.1) is 9.82 Å². The van der Waals surface area contributed by atoms with E-state index < -0.39 is 14.9 Å². The van der Waals surface area contributed by atoms with Crippen LogP contribution in [0.1, 0.15) is 11.1 Å². The summed E-state index contributed by atoms with van der Waals surface area (Å²) in [5, 5.41) is 11.6. The molecule has 134 valence electrons. The first-order chi connectivity index (χ1) is 11.8. The minimum Gasteiger partial charge on any atom is -0.258 e. The van der Waals surface area contributed by atoms with Gasteiger partial charge in [-0.25, -0.2) is 13.1 Å². The molecule has 0 aliphatic rings. The van der Waals surface area contributed by atoms with Crippen LogP contribution in [0.3, 0.4) is 0 Å². The molecule has 0 saturated carbocycles.